The van der Waals surface area contributed by atoms with Gasteiger partial charge in [0.15, 0.2) is 10.8 Å². The van der Waals surface area contributed by atoms with Crippen LogP contribution in [-0.2, 0) is 6.18 Å². The van der Waals surface area contributed by atoms with Crippen molar-refractivity contribution in [2.45, 2.75) is 31.0 Å². The molecule has 1 aliphatic carbocycles. The van der Waals surface area contributed by atoms with Gasteiger partial charge in [-0.15, -0.1) is 0 Å². The molecule has 0 bridgehead atoms. The van der Waals surface area contributed by atoms with E-state index in [0.717, 1.165) is 15.8 Å². The predicted molar refractivity (Wildman–Crippen MR) is 97.6 cm³/mol. The zero-order valence-electron chi connectivity index (χ0n) is 13.9. The highest BCUT2D eigenvalue weighted by Crippen LogP contribution is 2.49. The monoisotopic (exact) mass is 389 g/mol. The molecule has 9 heteroatoms. The number of imidazole rings is 1. The second-order valence-electron chi connectivity index (χ2n) is 6.72. The zero-order chi connectivity index (χ0) is 18.8. The molecule has 0 spiro atoms. The minimum Gasteiger partial charge on any atom is -0.375 e. The summed E-state index contributed by atoms with van der Waals surface area (Å²) < 4.78 is 42.8. The van der Waals surface area contributed by atoms with E-state index in [1.807, 2.05) is 18.2 Å². The van der Waals surface area contributed by atoms with Crippen LogP contribution in [0.4, 0.5) is 18.3 Å². The topological polar surface area (TPSA) is 69.6 Å². The van der Waals surface area contributed by atoms with Crippen molar-refractivity contribution in [2.24, 2.45) is 0 Å². The van der Waals surface area contributed by atoms with Crippen molar-refractivity contribution < 1.29 is 13.2 Å². The molecule has 4 aromatic rings. The summed E-state index contributed by atoms with van der Waals surface area (Å²) in [6.07, 6.45) is -1.85. The van der Waals surface area contributed by atoms with Crippen LogP contribution < -0.4 is 5.73 Å². The summed E-state index contributed by atoms with van der Waals surface area (Å²) in [5.74, 6) is -0.738. The van der Waals surface area contributed by atoms with E-state index in [0.29, 0.717) is 18.0 Å². The number of benzene rings is 1. The number of halogens is 3. The van der Waals surface area contributed by atoms with Gasteiger partial charge in [0.25, 0.3) is 0 Å². The quantitative estimate of drug-likeness (QED) is 0.537. The fourth-order valence-electron chi connectivity index (χ4n) is 3.84. The number of pyridine rings is 1. The van der Waals surface area contributed by atoms with Crippen molar-refractivity contribution in [3.8, 4) is 0 Å². The second-order valence-corrected chi connectivity index (χ2v) is 7.78. The van der Waals surface area contributed by atoms with Gasteiger partial charge in [0.1, 0.15) is 5.52 Å². The molecule has 5 rings (SSSR count). The molecule has 2 N–H and O–H groups in total. The van der Waals surface area contributed by atoms with Crippen LogP contribution in [0.15, 0.2) is 36.5 Å². The van der Waals surface area contributed by atoms with E-state index in [1.165, 1.54) is 22.1 Å². The third kappa shape index (κ3) is 2.56. The summed E-state index contributed by atoms with van der Waals surface area (Å²) in [5, 5.41) is 0.498. The maximum absolute atomic E-state index is 13.5. The highest BCUT2D eigenvalue weighted by Gasteiger charge is 2.43. The van der Waals surface area contributed by atoms with E-state index in [-0.39, 0.29) is 23.1 Å². The van der Waals surface area contributed by atoms with Gasteiger partial charge in [0.2, 0.25) is 5.82 Å². The van der Waals surface area contributed by atoms with Gasteiger partial charge < -0.3 is 10.3 Å². The van der Waals surface area contributed by atoms with Crippen molar-refractivity contribution in [2.75, 3.05) is 5.73 Å². The molecule has 0 saturated heterocycles. The number of thiazole rings is 1. The fourth-order valence-corrected chi connectivity index (χ4v) is 4.61. The number of nitrogens with two attached hydrogens (primary N) is 1. The molecule has 1 aromatic carbocycles. The number of rotatable bonds is 2. The molecule has 1 fully saturated rings. The fraction of sp³-hybridized carbons (Fsp3) is 0.278. The van der Waals surface area contributed by atoms with E-state index >= 15 is 0 Å². The number of aromatic nitrogens is 4. The Labute approximate surface area is 155 Å². The number of hydrogen-bond acceptors (Lipinski definition) is 5. The van der Waals surface area contributed by atoms with E-state index in [2.05, 4.69) is 15.0 Å². The predicted octanol–water partition coefficient (Wildman–Crippen LogP) is 4.76. The van der Waals surface area contributed by atoms with Gasteiger partial charge >= 0.3 is 6.18 Å². The second kappa shape index (κ2) is 5.66. The number of anilines is 1. The first-order chi connectivity index (χ1) is 12.9. The normalized spacial score (nSPS) is 20.3. The Kier molecular flexibility index (Phi) is 3.45. The molecule has 3 heterocycles. The number of para-hydroxylation sites is 1. The number of fused-ring (bicyclic) bond motifs is 2. The molecule has 0 aliphatic heterocycles. The summed E-state index contributed by atoms with van der Waals surface area (Å²) in [6.45, 7) is 0. The van der Waals surface area contributed by atoms with Crippen LogP contribution in [0, 0.1) is 0 Å². The Morgan fingerprint density at radius 3 is 2.70 bits per heavy atom. The van der Waals surface area contributed by atoms with E-state index in [9.17, 15) is 13.2 Å². The number of nitrogen functional groups attached to an aromatic ring is 1. The lowest BCUT2D eigenvalue weighted by atomic mass is 9.75. The SMILES string of the molecule is Nc1nc2c(C3CC(n4c(C(F)(F)F)nc5cccnc54)C3)cccc2s1. The van der Waals surface area contributed by atoms with Gasteiger partial charge in [-0.25, -0.2) is 15.0 Å². The minimum absolute atomic E-state index is 0.141. The third-order valence-corrected chi connectivity index (χ3v) is 5.94. The summed E-state index contributed by atoms with van der Waals surface area (Å²) in [5.41, 5.74) is 8.26. The highest BCUT2D eigenvalue weighted by molar-refractivity contribution is 7.22. The van der Waals surface area contributed by atoms with E-state index in [4.69, 9.17) is 5.73 Å². The van der Waals surface area contributed by atoms with Gasteiger partial charge in [0, 0.05) is 12.2 Å². The average molecular weight is 389 g/mol. The maximum Gasteiger partial charge on any atom is 0.449 e. The van der Waals surface area contributed by atoms with Crippen molar-refractivity contribution in [1.29, 1.82) is 0 Å². The molecule has 3 aromatic heterocycles. The molecule has 1 aliphatic rings. The van der Waals surface area contributed by atoms with Crippen molar-refractivity contribution >= 4 is 37.8 Å². The maximum atomic E-state index is 13.5. The van der Waals surface area contributed by atoms with E-state index in [1.54, 1.807) is 12.1 Å². The van der Waals surface area contributed by atoms with Crippen molar-refractivity contribution in [1.82, 2.24) is 19.5 Å². The molecule has 0 atom stereocenters. The first-order valence-electron chi connectivity index (χ1n) is 8.47. The minimum atomic E-state index is -4.52. The Morgan fingerprint density at radius 2 is 1.93 bits per heavy atom. The summed E-state index contributed by atoms with van der Waals surface area (Å²) in [6, 6.07) is 8.74. The van der Waals surface area contributed by atoms with Gasteiger partial charge in [-0.2, -0.15) is 13.2 Å². The Bertz CT molecular complexity index is 1160. The van der Waals surface area contributed by atoms with Crippen molar-refractivity contribution in [3.63, 3.8) is 0 Å². The van der Waals surface area contributed by atoms with Crippen LogP contribution in [0.5, 0.6) is 0 Å². The molecular formula is C18H14F3N5S. The van der Waals surface area contributed by atoms with Gasteiger partial charge in [0.05, 0.1) is 10.2 Å². The van der Waals surface area contributed by atoms with Crippen LogP contribution in [-0.4, -0.2) is 19.5 Å². The van der Waals surface area contributed by atoms with Gasteiger partial charge in [-0.3, -0.25) is 0 Å². The van der Waals surface area contributed by atoms with Crippen LogP contribution in [0.2, 0.25) is 0 Å². The zero-order valence-corrected chi connectivity index (χ0v) is 14.8. The summed E-state index contributed by atoms with van der Waals surface area (Å²) in [7, 11) is 0. The van der Waals surface area contributed by atoms with Crippen LogP contribution in [0.1, 0.15) is 36.2 Å². The van der Waals surface area contributed by atoms with Crippen LogP contribution in [0.25, 0.3) is 21.4 Å². The molecule has 0 amide bonds. The van der Waals surface area contributed by atoms with Crippen LogP contribution in [0.3, 0.4) is 0 Å². The molecule has 27 heavy (non-hydrogen) atoms. The lowest BCUT2D eigenvalue weighted by molar-refractivity contribution is -0.148. The van der Waals surface area contributed by atoms with Crippen molar-refractivity contribution in [3.05, 3.63) is 47.9 Å². The smallest absolute Gasteiger partial charge is 0.375 e. The summed E-state index contributed by atoms with van der Waals surface area (Å²) in [4.78, 5) is 12.3. The van der Waals surface area contributed by atoms with Gasteiger partial charge in [-0.05, 0) is 42.5 Å². The molecule has 0 radical (unpaired) electrons. The summed E-state index contributed by atoms with van der Waals surface area (Å²) >= 11 is 1.42. The highest BCUT2D eigenvalue weighted by atomic mass is 32.1. The molecule has 138 valence electrons. The first kappa shape index (κ1) is 16.5. The molecular weight excluding hydrogens is 375 g/mol. The Balaban J connectivity index is 1.52. The Hall–Kier alpha value is -2.68. The first-order valence-corrected chi connectivity index (χ1v) is 9.28. The Morgan fingerprint density at radius 1 is 1.11 bits per heavy atom. The lowest BCUT2D eigenvalue weighted by Crippen LogP contribution is -2.29. The largest absolute Gasteiger partial charge is 0.449 e. The number of alkyl halides is 3. The molecule has 0 unspecified atom stereocenters. The average Bonchev–Trinajstić information content (AvgIpc) is 3.14. The standard InChI is InChI=1S/C18H14F3N5S/c19-18(20,21)16-24-12-4-2-6-23-15(12)26(16)10-7-9(8-10)11-3-1-5-13-14(11)25-17(22)27-13/h1-6,9-10H,7-8H2,(H2,22,25). The number of nitrogens with zero attached hydrogens (tertiary/aromatic N) is 4. The molecule has 5 nitrogen and oxygen atoms in total. The van der Waals surface area contributed by atoms with Crippen LogP contribution >= 0.6 is 11.3 Å². The molecule has 1 saturated carbocycles. The third-order valence-electron chi connectivity index (χ3n) is 5.09. The van der Waals surface area contributed by atoms with E-state index < -0.39 is 12.0 Å². The lowest BCUT2D eigenvalue weighted by Gasteiger charge is -2.37. The number of hydrogen-bond donors (Lipinski definition) is 1. The van der Waals surface area contributed by atoms with Gasteiger partial charge in [-0.1, -0.05) is 23.5 Å².